The Balaban J connectivity index is 2.63. The molecule has 0 heterocycles. The van der Waals surface area contributed by atoms with Crippen molar-refractivity contribution in [3.05, 3.63) is 16.7 Å². The summed E-state index contributed by atoms with van der Waals surface area (Å²) in [5.74, 6) is 1.62. The summed E-state index contributed by atoms with van der Waals surface area (Å²) < 4.78 is 15.8. The SMILES string of the molecule is COc1cc(C2(N)CC2)c(OC)c(Cl)c1OC. The van der Waals surface area contributed by atoms with E-state index in [4.69, 9.17) is 31.5 Å². The molecule has 0 amide bonds. The fourth-order valence-electron chi connectivity index (χ4n) is 1.91. The van der Waals surface area contributed by atoms with E-state index in [9.17, 15) is 0 Å². The molecule has 2 N–H and O–H groups in total. The minimum absolute atomic E-state index is 0.339. The van der Waals surface area contributed by atoms with E-state index in [0.717, 1.165) is 18.4 Å². The summed E-state index contributed by atoms with van der Waals surface area (Å²) in [6.07, 6.45) is 1.85. The number of nitrogens with two attached hydrogens (primary N) is 1. The first-order valence-corrected chi connectivity index (χ1v) is 5.73. The average molecular weight is 258 g/mol. The van der Waals surface area contributed by atoms with Gasteiger partial charge < -0.3 is 19.9 Å². The monoisotopic (exact) mass is 257 g/mol. The normalized spacial score (nSPS) is 16.5. The van der Waals surface area contributed by atoms with Crippen molar-refractivity contribution in [1.82, 2.24) is 0 Å². The molecule has 0 bridgehead atoms. The van der Waals surface area contributed by atoms with Crippen LogP contribution in [0.15, 0.2) is 6.07 Å². The van der Waals surface area contributed by atoms with Gasteiger partial charge in [-0.15, -0.1) is 0 Å². The van der Waals surface area contributed by atoms with Crippen LogP contribution in [-0.2, 0) is 5.54 Å². The van der Waals surface area contributed by atoms with Crippen molar-refractivity contribution in [2.24, 2.45) is 5.73 Å². The largest absolute Gasteiger partial charge is 0.495 e. The van der Waals surface area contributed by atoms with Crippen molar-refractivity contribution in [2.45, 2.75) is 18.4 Å². The third kappa shape index (κ3) is 1.91. The highest BCUT2D eigenvalue weighted by molar-refractivity contribution is 6.34. The molecule has 0 saturated heterocycles. The molecule has 1 fully saturated rings. The molecule has 1 saturated carbocycles. The molecule has 5 heteroatoms. The predicted octanol–water partition coefficient (Wildman–Crippen LogP) is 2.31. The lowest BCUT2D eigenvalue weighted by atomic mass is 10.0. The van der Waals surface area contributed by atoms with E-state index in [2.05, 4.69) is 0 Å². The minimum Gasteiger partial charge on any atom is -0.495 e. The summed E-state index contributed by atoms with van der Waals surface area (Å²) in [7, 11) is 4.68. The first-order chi connectivity index (χ1) is 8.07. The molecule has 2 rings (SSSR count). The van der Waals surface area contributed by atoms with Gasteiger partial charge in [-0.2, -0.15) is 0 Å². The number of halogens is 1. The Morgan fingerprint density at radius 2 is 1.71 bits per heavy atom. The standard InChI is InChI=1S/C12H16ClNO3/c1-15-8-6-7(12(14)4-5-12)10(16-2)9(13)11(8)17-3/h6H,4-5,14H2,1-3H3. The Morgan fingerprint density at radius 1 is 1.12 bits per heavy atom. The lowest BCUT2D eigenvalue weighted by molar-refractivity contribution is 0.346. The molecule has 17 heavy (non-hydrogen) atoms. The fourth-order valence-corrected chi connectivity index (χ4v) is 2.26. The van der Waals surface area contributed by atoms with Crippen LogP contribution in [0.4, 0.5) is 0 Å². The summed E-state index contributed by atoms with van der Waals surface area (Å²) in [5.41, 5.74) is 6.73. The number of ether oxygens (including phenoxy) is 3. The van der Waals surface area contributed by atoms with Crippen LogP contribution < -0.4 is 19.9 Å². The molecule has 1 aromatic carbocycles. The molecule has 0 spiro atoms. The van der Waals surface area contributed by atoms with Crippen LogP contribution in [0, 0.1) is 0 Å². The van der Waals surface area contributed by atoms with E-state index in [0.29, 0.717) is 22.3 Å². The van der Waals surface area contributed by atoms with E-state index in [-0.39, 0.29) is 5.54 Å². The summed E-state index contributed by atoms with van der Waals surface area (Å²) in [6, 6.07) is 1.84. The van der Waals surface area contributed by atoms with Gasteiger partial charge in [0, 0.05) is 11.1 Å². The molecule has 0 atom stereocenters. The molecule has 1 aromatic rings. The molecule has 94 valence electrons. The number of methoxy groups -OCH3 is 3. The van der Waals surface area contributed by atoms with Crippen LogP contribution in [0.2, 0.25) is 5.02 Å². The smallest absolute Gasteiger partial charge is 0.183 e. The fraction of sp³-hybridized carbons (Fsp3) is 0.500. The summed E-state index contributed by atoms with van der Waals surface area (Å²) >= 11 is 6.25. The van der Waals surface area contributed by atoms with Crippen molar-refractivity contribution < 1.29 is 14.2 Å². The molecular weight excluding hydrogens is 242 g/mol. The van der Waals surface area contributed by atoms with Gasteiger partial charge in [-0.05, 0) is 18.9 Å². The quantitative estimate of drug-likeness (QED) is 0.899. The van der Waals surface area contributed by atoms with Gasteiger partial charge in [0.05, 0.1) is 21.3 Å². The number of benzene rings is 1. The molecule has 0 unspecified atom stereocenters. The summed E-state index contributed by atoms with van der Waals surface area (Å²) in [4.78, 5) is 0. The van der Waals surface area contributed by atoms with E-state index >= 15 is 0 Å². The van der Waals surface area contributed by atoms with Gasteiger partial charge in [0.25, 0.3) is 0 Å². The zero-order valence-electron chi connectivity index (χ0n) is 10.2. The summed E-state index contributed by atoms with van der Waals surface area (Å²) in [6.45, 7) is 0. The second-order valence-electron chi connectivity index (χ2n) is 4.16. The zero-order chi connectivity index (χ0) is 12.6. The first-order valence-electron chi connectivity index (χ1n) is 5.35. The number of rotatable bonds is 4. The van der Waals surface area contributed by atoms with Crippen LogP contribution in [0.3, 0.4) is 0 Å². The van der Waals surface area contributed by atoms with Crippen molar-refractivity contribution >= 4 is 11.6 Å². The zero-order valence-corrected chi connectivity index (χ0v) is 10.9. The predicted molar refractivity (Wildman–Crippen MR) is 66.2 cm³/mol. The van der Waals surface area contributed by atoms with Gasteiger partial charge in [-0.3, -0.25) is 0 Å². The second kappa shape index (κ2) is 4.27. The van der Waals surface area contributed by atoms with Gasteiger partial charge >= 0.3 is 0 Å². The molecule has 0 aromatic heterocycles. The molecule has 0 radical (unpaired) electrons. The molecular formula is C12H16ClNO3. The molecule has 0 aliphatic heterocycles. The van der Waals surface area contributed by atoms with Crippen LogP contribution >= 0.6 is 11.6 Å². The van der Waals surface area contributed by atoms with Gasteiger partial charge in [0.2, 0.25) is 0 Å². The molecule has 1 aliphatic carbocycles. The van der Waals surface area contributed by atoms with Crippen LogP contribution in [0.1, 0.15) is 18.4 Å². The lowest BCUT2D eigenvalue weighted by Gasteiger charge is -2.19. The van der Waals surface area contributed by atoms with Crippen molar-refractivity contribution in [2.75, 3.05) is 21.3 Å². The van der Waals surface area contributed by atoms with Crippen molar-refractivity contribution in [1.29, 1.82) is 0 Å². The Labute approximate surface area is 106 Å². The number of hydrogen-bond donors (Lipinski definition) is 1. The third-order valence-corrected chi connectivity index (χ3v) is 3.44. The van der Waals surface area contributed by atoms with Crippen LogP contribution in [0.25, 0.3) is 0 Å². The maximum atomic E-state index is 6.25. The Hall–Kier alpha value is -1.13. The molecule has 1 aliphatic rings. The average Bonchev–Trinajstić information content (AvgIpc) is 3.07. The van der Waals surface area contributed by atoms with Gasteiger partial charge in [0.1, 0.15) is 10.8 Å². The minimum atomic E-state index is -0.339. The maximum Gasteiger partial charge on any atom is 0.183 e. The third-order valence-electron chi connectivity index (χ3n) is 3.10. The van der Waals surface area contributed by atoms with Gasteiger partial charge in [-0.25, -0.2) is 0 Å². The summed E-state index contributed by atoms with van der Waals surface area (Å²) in [5, 5.41) is 0.404. The number of hydrogen-bond acceptors (Lipinski definition) is 4. The van der Waals surface area contributed by atoms with E-state index in [1.54, 1.807) is 14.2 Å². The van der Waals surface area contributed by atoms with Crippen molar-refractivity contribution in [3.8, 4) is 17.2 Å². The Bertz CT molecular complexity index is 444. The first kappa shape index (κ1) is 12.3. The van der Waals surface area contributed by atoms with Crippen LogP contribution in [-0.4, -0.2) is 21.3 Å². The van der Waals surface area contributed by atoms with E-state index < -0.39 is 0 Å². The topological polar surface area (TPSA) is 53.7 Å². The lowest BCUT2D eigenvalue weighted by Crippen LogP contribution is -2.20. The highest BCUT2D eigenvalue weighted by Crippen LogP contribution is 2.53. The van der Waals surface area contributed by atoms with Gasteiger partial charge in [-0.1, -0.05) is 11.6 Å². The van der Waals surface area contributed by atoms with E-state index in [1.165, 1.54) is 7.11 Å². The highest BCUT2D eigenvalue weighted by atomic mass is 35.5. The van der Waals surface area contributed by atoms with Crippen LogP contribution in [0.5, 0.6) is 17.2 Å². The Morgan fingerprint density at radius 3 is 2.12 bits per heavy atom. The van der Waals surface area contributed by atoms with Gasteiger partial charge in [0.15, 0.2) is 11.5 Å². The second-order valence-corrected chi connectivity index (χ2v) is 4.54. The Kier molecular flexibility index (Phi) is 3.10. The molecule has 4 nitrogen and oxygen atoms in total. The van der Waals surface area contributed by atoms with E-state index in [1.807, 2.05) is 6.07 Å². The maximum absolute atomic E-state index is 6.25. The highest BCUT2D eigenvalue weighted by Gasteiger charge is 2.43. The van der Waals surface area contributed by atoms with Crippen molar-refractivity contribution in [3.63, 3.8) is 0 Å².